The summed E-state index contributed by atoms with van der Waals surface area (Å²) in [5, 5.41) is 0. The fourth-order valence-corrected chi connectivity index (χ4v) is 6.15. The highest BCUT2D eigenvalue weighted by Gasteiger charge is 2.35. The van der Waals surface area contributed by atoms with Gasteiger partial charge in [0, 0.05) is 15.6 Å². The maximum atomic E-state index is 14.1. The van der Waals surface area contributed by atoms with Crippen molar-refractivity contribution < 1.29 is 14.3 Å². The number of carbonyl (C=O) groups is 1. The fraction of sp³-hybridized carbons (Fsp3) is 0.219. The molecule has 1 atom stereocenters. The van der Waals surface area contributed by atoms with E-state index >= 15 is 0 Å². The Kier molecular flexibility index (Phi) is 8.19. The summed E-state index contributed by atoms with van der Waals surface area (Å²) < 4.78 is 14.1. The number of esters is 1. The standard InChI is InChI=1S/C32H29BrN2O4S/c1-5-39-31(37)27-28(21-9-7-6-8-10-21)34-32-35(29(27)22-13-11-20(12-14-22)19(2)3)30(36)26(40-32)18-23-17-24(33)15-16-25(23)38-4/h6-19,29H,5H2,1-4H3/b26-18-. The Morgan fingerprint density at radius 2 is 1.82 bits per heavy atom. The van der Waals surface area contributed by atoms with Gasteiger partial charge in [-0.2, -0.15) is 0 Å². The summed E-state index contributed by atoms with van der Waals surface area (Å²) in [6.45, 7) is 6.24. The highest BCUT2D eigenvalue weighted by Crippen LogP contribution is 2.35. The highest BCUT2D eigenvalue weighted by atomic mass is 79.9. The molecule has 0 fully saturated rings. The van der Waals surface area contributed by atoms with Crippen LogP contribution in [0.1, 0.15) is 55.0 Å². The molecule has 0 N–H and O–H groups in total. The smallest absolute Gasteiger partial charge is 0.338 e. The number of rotatable bonds is 7. The van der Waals surface area contributed by atoms with E-state index in [9.17, 15) is 9.59 Å². The van der Waals surface area contributed by atoms with E-state index in [4.69, 9.17) is 14.5 Å². The lowest BCUT2D eigenvalue weighted by atomic mass is 9.91. The molecule has 0 saturated carbocycles. The Bertz CT molecular complexity index is 1770. The molecule has 1 aliphatic rings. The zero-order valence-corrected chi connectivity index (χ0v) is 25.1. The molecule has 1 unspecified atom stereocenters. The number of thiazole rings is 1. The third-order valence-electron chi connectivity index (χ3n) is 6.77. The SMILES string of the molecule is CCOC(=O)C1=C(c2ccccc2)N=c2s/c(=C\c3cc(Br)ccc3OC)c(=O)n2C1c1ccc(C(C)C)cc1. The minimum atomic E-state index is -0.710. The van der Waals surface area contributed by atoms with E-state index in [1.807, 2.05) is 78.9 Å². The van der Waals surface area contributed by atoms with E-state index in [1.165, 1.54) is 16.9 Å². The van der Waals surface area contributed by atoms with Crippen molar-refractivity contribution in [3.8, 4) is 5.75 Å². The topological polar surface area (TPSA) is 69.9 Å². The molecular formula is C32H29BrN2O4S. The van der Waals surface area contributed by atoms with E-state index in [2.05, 4.69) is 29.8 Å². The molecule has 6 nitrogen and oxygen atoms in total. The summed E-state index contributed by atoms with van der Waals surface area (Å²) in [6, 6.07) is 22.5. The first-order chi connectivity index (χ1) is 19.3. The molecule has 4 aromatic rings. The second-order valence-corrected chi connectivity index (χ2v) is 11.6. The molecule has 2 heterocycles. The normalized spacial score (nSPS) is 15.2. The molecular weight excluding hydrogens is 588 g/mol. The molecule has 40 heavy (non-hydrogen) atoms. The van der Waals surface area contributed by atoms with E-state index in [0.717, 1.165) is 21.2 Å². The van der Waals surface area contributed by atoms with E-state index < -0.39 is 12.0 Å². The maximum absolute atomic E-state index is 14.1. The first-order valence-electron chi connectivity index (χ1n) is 13.0. The Labute approximate surface area is 245 Å². The molecule has 0 amide bonds. The molecule has 5 rings (SSSR count). The molecule has 1 aromatic heterocycles. The van der Waals surface area contributed by atoms with Gasteiger partial charge in [0.15, 0.2) is 4.80 Å². The first-order valence-corrected chi connectivity index (χ1v) is 14.6. The van der Waals surface area contributed by atoms with Crippen LogP contribution in [0.3, 0.4) is 0 Å². The van der Waals surface area contributed by atoms with Crippen molar-refractivity contribution in [1.82, 2.24) is 4.57 Å². The Morgan fingerprint density at radius 3 is 2.48 bits per heavy atom. The van der Waals surface area contributed by atoms with Crippen molar-refractivity contribution in [2.75, 3.05) is 13.7 Å². The number of nitrogens with zero attached hydrogens (tertiary/aromatic N) is 2. The molecule has 8 heteroatoms. The number of hydrogen-bond acceptors (Lipinski definition) is 6. The van der Waals surface area contributed by atoms with Gasteiger partial charge in [0.2, 0.25) is 0 Å². The molecule has 1 aliphatic heterocycles. The lowest BCUT2D eigenvalue weighted by Crippen LogP contribution is -2.40. The lowest BCUT2D eigenvalue weighted by Gasteiger charge is -2.26. The summed E-state index contributed by atoms with van der Waals surface area (Å²) >= 11 is 4.80. The predicted molar refractivity (Wildman–Crippen MR) is 162 cm³/mol. The number of ether oxygens (including phenoxy) is 2. The number of fused-ring (bicyclic) bond motifs is 1. The van der Waals surface area contributed by atoms with Gasteiger partial charge in [-0.25, -0.2) is 9.79 Å². The van der Waals surface area contributed by atoms with Crippen LogP contribution < -0.4 is 19.6 Å². The van der Waals surface area contributed by atoms with Gasteiger partial charge in [0.1, 0.15) is 5.75 Å². The van der Waals surface area contributed by atoms with E-state index in [0.29, 0.717) is 32.3 Å². The zero-order chi connectivity index (χ0) is 28.4. The first kappa shape index (κ1) is 27.8. The van der Waals surface area contributed by atoms with Crippen LogP contribution in [0.2, 0.25) is 0 Å². The van der Waals surface area contributed by atoms with Gasteiger partial charge in [0.05, 0.1) is 35.6 Å². The van der Waals surface area contributed by atoms with Crippen LogP contribution in [0.25, 0.3) is 11.8 Å². The predicted octanol–water partition coefficient (Wildman–Crippen LogP) is 5.83. The Balaban J connectivity index is 1.83. The maximum Gasteiger partial charge on any atom is 0.338 e. The molecule has 0 spiro atoms. The van der Waals surface area contributed by atoms with Gasteiger partial charge < -0.3 is 9.47 Å². The summed E-state index contributed by atoms with van der Waals surface area (Å²) in [6.07, 6.45) is 1.81. The van der Waals surface area contributed by atoms with Gasteiger partial charge in [-0.1, -0.05) is 95.7 Å². The second-order valence-electron chi connectivity index (χ2n) is 9.64. The average molecular weight is 618 g/mol. The third-order valence-corrected chi connectivity index (χ3v) is 8.25. The van der Waals surface area contributed by atoms with Crippen molar-refractivity contribution in [3.05, 3.63) is 125 Å². The van der Waals surface area contributed by atoms with Crippen LogP contribution in [0, 0.1) is 0 Å². The molecule has 0 bridgehead atoms. The van der Waals surface area contributed by atoms with Crippen LogP contribution in [0.4, 0.5) is 0 Å². The number of carbonyl (C=O) groups excluding carboxylic acids is 1. The molecule has 0 saturated heterocycles. The largest absolute Gasteiger partial charge is 0.496 e. The Morgan fingerprint density at radius 1 is 1.10 bits per heavy atom. The molecule has 0 aliphatic carbocycles. The van der Waals surface area contributed by atoms with Crippen LogP contribution in [0.5, 0.6) is 5.75 Å². The lowest BCUT2D eigenvalue weighted by molar-refractivity contribution is -0.138. The molecule has 0 radical (unpaired) electrons. The van der Waals surface area contributed by atoms with Crippen LogP contribution in [0.15, 0.2) is 92.6 Å². The minimum Gasteiger partial charge on any atom is -0.496 e. The number of halogens is 1. The van der Waals surface area contributed by atoms with Crippen LogP contribution >= 0.6 is 27.3 Å². The quantitative estimate of drug-likeness (QED) is 0.245. The number of methoxy groups -OCH3 is 1. The van der Waals surface area contributed by atoms with E-state index in [-0.39, 0.29) is 12.2 Å². The number of benzene rings is 3. The minimum absolute atomic E-state index is 0.205. The number of aromatic nitrogens is 1. The van der Waals surface area contributed by atoms with Crippen molar-refractivity contribution in [1.29, 1.82) is 0 Å². The summed E-state index contributed by atoms with van der Waals surface area (Å²) in [4.78, 5) is 33.1. The fourth-order valence-electron chi connectivity index (χ4n) is 4.78. The van der Waals surface area contributed by atoms with Crippen molar-refractivity contribution in [2.45, 2.75) is 32.7 Å². The second kappa shape index (κ2) is 11.8. The highest BCUT2D eigenvalue weighted by molar-refractivity contribution is 9.10. The zero-order valence-electron chi connectivity index (χ0n) is 22.7. The van der Waals surface area contributed by atoms with Gasteiger partial charge in [0.25, 0.3) is 5.56 Å². The molecule has 204 valence electrons. The van der Waals surface area contributed by atoms with Gasteiger partial charge in [-0.15, -0.1) is 0 Å². The average Bonchev–Trinajstić information content (AvgIpc) is 3.27. The number of hydrogen-bond donors (Lipinski definition) is 0. The van der Waals surface area contributed by atoms with Gasteiger partial charge in [-0.3, -0.25) is 9.36 Å². The van der Waals surface area contributed by atoms with Crippen molar-refractivity contribution in [3.63, 3.8) is 0 Å². The molecule has 3 aromatic carbocycles. The third kappa shape index (κ3) is 5.33. The summed E-state index contributed by atoms with van der Waals surface area (Å²) in [5.41, 5.74) is 4.12. The van der Waals surface area contributed by atoms with Crippen molar-refractivity contribution >= 4 is 45.0 Å². The van der Waals surface area contributed by atoms with Gasteiger partial charge >= 0.3 is 5.97 Å². The van der Waals surface area contributed by atoms with Crippen molar-refractivity contribution in [2.24, 2.45) is 4.99 Å². The van der Waals surface area contributed by atoms with Gasteiger partial charge in [-0.05, 0) is 48.2 Å². The van der Waals surface area contributed by atoms with E-state index in [1.54, 1.807) is 18.6 Å². The Hall–Kier alpha value is -3.75. The van der Waals surface area contributed by atoms with Crippen LogP contribution in [-0.2, 0) is 9.53 Å². The van der Waals surface area contributed by atoms with Crippen LogP contribution in [-0.4, -0.2) is 24.3 Å². The monoisotopic (exact) mass is 616 g/mol. The summed E-state index contributed by atoms with van der Waals surface area (Å²) in [7, 11) is 1.60. The summed E-state index contributed by atoms with van der Waals surface area (Å²) in [5.74, 6) is 0.495.